The Morgan fingerprint density at radius 2 is 0.842 bits per heavy atom. The molecule has 4 N–H and O–H groups in total. The summed E-state index contributed by atoms with van der Waals surface area (Å²) in [6.45, 7) is 51.5. The van der Waals surface area contributed by atoms with E-state index in [1.165, 1.54) is 38.5 Å². The van der Waals surface area contributed by atoms with Crippen molar-refractivity contribution < 1.29 is 71.0 Å². The second-order valence-corrected chi connectivity index (χ2v) is 63.2. The number of ether oxygens (including phenoxy) is 1. The van der Waals surface area contributed by atoms with Gasteiger partial charge in [-0.25, -0.2) is 76.3 Å². The van der Waals surface area contributed by atoms with Crippen molar-refractivity contribution in [3.8, 4) is 0 Å². The SMILES string of the molecule is CC(C)[Si](C(C)C)(C(C)C)n1cc(I)c2cccnc21.CCCS(=O)(=O)Nc1ccc(F)c(CCc2ccc(C(O)c3cn([Si](C(C)C)(C(C)C)C(C)C)c4ncccc34)cn2)c1F.CCCS(=O)(=O)Nc1ccc(F)c(CCc2ccc(Cc3cn([Si](C(C)C)(C(C)C)C(C)C)c4ncccc34)cn2)c1F.CCCS(=O)(=O)Nc1ccc(F)c(CN(C(=O)OC(C)(C)C)c2ccc(C=O)cn2)c1F. The van der Waals surface area contributed by atoms with Gasteiger partial charge in [-0.05, 0) is 246 Å². The van der Waals surface area contributed by atoms with E-state index in [0.29, 0.717) is 105 Å². The number of carbonyl (C=O) groups is 2. The van der Waals surface area contributed by atoms with E-state index in [-0.39, 0.29) is 70.4 Å². The van der Waals surface area contributed by atoms with E-state index >= 15 is 13.2 Å². The molecule has 1 unspecified atom stereocenters. The van der Waals surface area contributed by atoms with Crippen LogP contribution in [0.5, 0.6) is 0 Å². The molecule has 3 aromatic carbocycles. The maximum atomic E-state index is 15.1. The number of nitrogens with zero attached hydrogens (tertiary/aromatic N) is 10. The second kappa shape index (κ2) is 47.9. The van der Waals surface area contributed by atoms with Crippen LogP contribution in [0.25, 0.3) is 33.1 Å². The maximum absolute atomic E-state index is 15.1. The summed E-state index contributed by atoms with van der Waals surface area (Å²) in [5.74, 6) is -5.96. The molecule has 9 heterocycles. The number of hydrogen-bond donors (Lipinski definition) is 4. The number of benzene rings is 3. The summed E-state index contributed by atoms with van der Waals surface area (Å²) in [5, 5.41) is 15.0. The zero-order chi connectivity index (χ0) is 103. The van der Waals surface area contributed by atoms with Gasteiger partial charge in [0.1, 0.15) is 51.9 Å². The van der Waals surface area contributed by atoms with Gasteiger partial charge in [0, 0.05) is 127 Å². The Bertz CT molecular complexity index is 6520. The summed E-state index contributed by atoms with van der Waals surface area (Å²) in [4.78, 5) is 52.0. The van der Waals surface area contributed by atoms with Crippen molar-refractivity contribution in [1.29, 1.82) is 0 Å². The van der Waals surface area contributed by atoms with Crippen molar-refractivity contribution in [2.75, 3.05) is 36.3 Å². The predicted molar refractivity (Wildman–Crippen MR) is 566 cm³/mol. The number of pyridine rings is 6. The molecular weight excluding hydrogens is 2000 g/mol. The van der Waals surface area contributed by atoms with Gasteiger partial charge in [-0.2, -0.15) is 0 Å². The molecular formula is C103H138F6IN13O10S3Si3. The Balaban J connectivity index is 0.000000214. The van der Waals surface area contributed by atoms with E-state index < -0.39 is 125 Å². The van der Waals surface area contributed by atoms with Gasteiger partial charge in [-0.1, -0.05) is 158 Å². The Hall–Kier alpha value is -9.71. The minimum atomic E-state index is -3.83. The summed E-state index contributed by atoms with van der Waals surface area (Å²) in [5.41, 5.74) is 10.5. The van der Waals surface area contributed by atoms with Crippen LogP contribution in [-0.4, -0.2) is 133 Å². The average Bonchev–Trinajstić information content (AvgIpc) is 1.61. The standard InChI is InChI=1S/C33H44F2N4O3SSi.C33H44F2N4O2SSi.C21H25F2N3O5S.C16H25IN2Si/c1-8-18-43(41,42)38-30-16-15-29(34)27(31(30)35)14-13-25-12-11-24(19-37-25)32(40)28-20-39(33-26(28)10-9-17-36-33)44(21(2)3,22(4)5)23(6)7;1-8-18-42(40,41)38-31-16-15-30(34)29(32(31)35)14-13-27-12-11-25(20-37-27)19-26-21-39(33-28(26)10-9-17-36-33)43(22(2)3,23(4)5)24(6)7;1-5-10-32(29,30)25-17-8-7-16(22)15(19(17)23)12-26(20(28)31-21(2,3)4)18-9-6-14(13-27)11-24-18;1-11(2)20(12(3)4,13(5)6)19-10-15(17)14-8-7-9-18-16(14)19/h9-12,15-17,19-23,32,38,40H,8,13-14,18H2,1-7H3;9-12,15-17,20-24,38H,8,13-14,18-19H2,1-7H3;6-9,11,13,25H,5,10,12H2,1-4H3;7-13H,1-6H3. The third kappa shape index (κ3) is 26.0. The first-order chi connectivity index (χ1) is 65.2. The highest BCUT2D eigenvalue weighted by atomic mass is 127. The molecule has 0 aliphatic rings. The van der Waals surface area contributed by atoms with Gasteiger partial charge in [0.2, 0.25) is 30.1 Å². The lowest BCUT2D eigenvalue weighted by Crippen LogP contribution is -2.51. The van der Waals surface area contributed by atoms with Crippen molar-refractivity contribution in [3.63, 3.8) is 0 Å². The van der Waals surface area contributed by atoms with Crippen LogP contribution in [0, 0.1) is 38.5 Å². The first kappa shape index (κ1) is 113. The predicted octanol–water partition coefficient (Wildman–Crippen LogP) is 25.9. The fourth-order valence-electron chi connectivity index (χ4n) is 20.8. The Morgan fingerprint density at radius 3 is 1.22 bits per heavy atom. The number of hydrogen-bond acceptors (Lipinski definition) is 16. The Labute approximate surface area is 834 Å². The normalized spacial score (nSPS) is 12.7. The lowest BCUT2D eigenvalue weighted by atomic mass is 10.0. The number of rotatable bonds is 38. The maximum Gasteiger partial charge on any atom is 0.416 e. The highest BCUT2D eigenvalue weighted by Gasteiger charge is 2.50. The second-order valence-electron chi connectivity index (χ2n) is 39.4. The molecule has 0 aliphatic carbocycles. The van der Waals surface area contributed by atoms with Gasteiger partial charge < -0.3 is 22.5 Å². The van der Waals surface area contributed by atoms with Crippen molar-refractivity contribution in [2.24, 2.45) is 0 Å². The van der Waals surface area contributed by atoms with Crippen LogP contribution in [0.2, 0.25) is 49.9 Å². The molecule has 36 heteroatoms. The van der Waals surface area contributed by atoms with Crippen molar-refractivity contribution in [2.45, 2.75) is 286 Å². The molecule has 1 atom stereocenters. The molecule has 9 aromatic heterocycles. The molecule has 139 heavy (non-hydrogen) atoms. The van der Waals surface area contributed by atoms with Gasteiger partial charge in [-0.15, -0.1) is 0 Å². The number of nitrogens with one attached hydrogen (secondary N) is 3. The zero-order valence-electron chi connectivity index (χ0n) is 84.4. The van der Waals surface area contributed by atoms with Gasteiger partial charge in [0.05, 0.1) is 40.9 Å². The van der Waals surface area contributed by atoms with E-state index in [2.05, 4.69) is 220 Å². The number of aliphatic hydroxyl groups is 1. The van der Waals surface area contributed by atoms with Gasteiger partial charge in [0.25, 0.3) is 0 Å². The van der Waals surface area contributed by atoms with E-state index in [4.69, 9.17) is 19.7 Å². The Kier molecular flexibility index (Phi) is 38.9. The topological polar surface area (TPSA) is 297 Å². The van der Waals surface area contributed by atoms with E-state index in [1.54, 1.807) is 66.1 Å². The van der Waals surface area contributed by atoms with E-state index in [9.17, 15) is 53.1 Å². The molecule has 0 fully saturated rings. The fourth-order valence-corrected chi connectivity index (χ4v) is 44.9. The highest BCUT2D eigenvalue weighted by Crippen LogP contribution is 2.49. The number of sulfonamides is 3. The molecule has 23 nitrogen and oxygen atoms in total. The molecule has 12 aromatic rings. The monoisotopic (exact) mass is 2140 g/mol. The van der Waals surface area contributed by atoms with Gasteiger partial charge in [0.15, 0.2) is 48.4 Å². The number of aromatic nitrogens is 9. The van der Waals surface area contributed by atoms with Crippen LogP contribution < -0.4 is 19.1 Å². The fraction of sp³-hybridized carbons (Fsp3) is 0.456. The molecule has 0 aliphatic heterocycles. The number of aryl methyl sites for hydroxylation is 2. The molecule has 0 radical (unpaired) electrons. The largest absolute Gasteiger partial charge is 0.443 e. The summed E-state index contributed by atoms with van der Waals surface area (Å²) in [6, 6.07) is 28.7. The van der Waals surface area contributed by atoms with Gasteiger partial charge in [-0.3, -0.25) is 33.8 Å². The molecule has 0 saturated heterocycles. The summed E-state index contributed by atoms with van der Waals surface area (Å²) in [6.07, 6.45) is 18.0. The molecule has 12 rings (SSSR count). The van der Waals surface area contributed by atoms with Gasteiger partial charge >= 0.3 is 6.09 Å². The lowest BCUT2D eigenvalue weighted by Gasteiger charge is -2.44. The minimum absolute atomic E-state index is 0.0125. The van der Waals surface area contributed by atoms with Crippen LogP contribution in [0.3, 0.4) is 0 Å². The van der Waals surface area contributed by atoms with Crippen molar-refractivity contribution >= 4 is 146 Å². The summed E-state index contributed by atoms with van der Waals surface area (Å²) >= 11 is 2.45. The van der Waals surface area contributed by atoms with E-state index in [1.807, 2.05) is 55.0 Å². The average molecular weight is 2140 g/mol. The minimum Gasteiger partial charge on any atom is -0.443 e. The van der Waals surface area contributed by atoms with Crippen molar-refractivity contribution in [1.82, 2.24) is 42.6 Å². The number of anilines is 4. The van der Waals surface area contributed by atoms with Crippen LogP contribution in [-0.2, 0) is 73.5 Å². The molecule has 0 bridgehead atoms. The van der Waals surface area contributed by atoms with Crippen LogP contribution in [0.4, 0.5) is 54.0 Å². The third-order valence-corrected chi connectivity index (χ3v) is 51.7. The molecule has 0 spiro atoms. The summed E-state index contributed by atoms with van der Waals surface area (Å²) < 4.78 is 182. The lowest BCUT2D eigenvalue weighted by molar-refractivity contribution is 0.0575. The number of aliphatic hydroxyl groups excluding tert-OH is 1. The third-order valence-electron chi connectivity index (χ3n) is 26.2. The van der Waals surface area contributed by atoms with Crippen LogP contribution in [0.1, 0.15) is 252 Å². The molecule has 1 amide bonds. The smallest absolute Gasteiger partial charge is 0.416 e. The van der Waals surface area contributed by atoms with Crippen molar-refractivity contribution in [3.05, 3.63) is 259 Å². The van der Waals surface area contributed by atoms with E-state index in [0.717, 1.165) is 74.5 Å². The molecule has 0 saturated carbocycles. The number of aldehydes is 1. The number of halogens is 7. The zero-order valence-corrected chi connectivity index (χ0v) is 92.0. The first-order valence-corrected chi connectivity index (χ1v) is 60.3. The quantitative estimate of drug-likeness (QED) is 0.0121. The number of amides is 1. The number of fused-ring (bicyclic) bond motifs is 3. The number of carbonyl (C=O) groups excluding carboxylic acids is 2. The summed E-state index contributed by atoms with van der Waals surface area (Å²) in [7, 11) is -17.1. The van der Waals surface area contributed by atoms with Crippen LogP contribution >= 0.6 is 22.6 Å². The first-order valence-electron chi connectivity index (χ1n) is 47.7. The Morgan fingerprint density at radius 1 is 0.460 bits per heavy atom. The van der Waals surface area contributed by atoms with Crippen LogP contribution in [0.15, 0.2) is 165 Å². The highest BCUT2D eigenvalue weighted by molar-refractivity contribution is 14.1. The molecule has 754 valence electrons.